The van der Waals surface area contributed by atoms with E-state index < -0.39 is 21.6 Å². The molecule has 1 atom stereocenters. The molecule has 0 unspecified atom stereocenters. The van der Waals surface area contributed by atoms with E-state index >= 15 is 0 Å². The third-order valence-corrected chi connectivity index (χ3v) is 4.07. The fourth-order valence-corrected chi connectivity index (χ4v) is 2.17. The predicted molar refractivity (Wildman–Crippen MR) is 67.0 cm³/mol. The molecule has 18 heavy (non-hydrogen) atoms. The fraction of sp³-hybridized carbons (Fsp3) is 0.364. The molecule has 96 valence electrons. The van der Waals surface area contributed by atoms with E-state index in [4.69, 9.17) is 23.2 Å². The smallest absolute Gasteiger partial charge is 0.271 e. The van der Waals surface area contributed by atoms with E-state index in [1.807, 2.05) is 0 Å². The van der Waals surface area contributed by atoms with Gasteiger partial charge in [-0.05, 0) is 25.5 Å². The van der Waals surface area contributed by atoms with Crippen LogP contribution < -0.4 is 10.9 Å². The SMILES string of the molecule is C[C@]1(C(=O)NNC(=O)c2cccnc2)CC1(Cl)Cl. The zero-order chi connectivity index (χ0) is 13.4. The average Bonchev–Trinajstić information content (AvgIpc) is 2.87. The molecule has 1 heterocycles. The van der Waals surface area contributed by atoms with Gasteiger partial charge in [-0.15, -0.1) is 23.2 Å². The van der Waals surface area contributed by atoms with Crippen LogP contribution in [-0.4, -0.2) is 21.1 Å². The van der Waals surface area contributed by atoms with Gasteiger partial charge in [0.05, 0.1) is 11.0 Å². The summed E-state index contributed by atoms with van der Waals surface area (Å²) >= 11 is 11.7. The number of nitrogens with zero attached hydrogens (tertiary/aromatic N) is 1. The number of amides is 2. The molecule has 1 aliphatic rings. The van der Waals surface area contributed by atoms with Crippen molar-refractivity contribution in [2.45, 2.75) is 17.7 Å². The standard InChI is InChI=1S/C11H11Cl2N3O2/c1-10(6-11(10,12)13)9(18)16-15-8(17)7-3-2-4-14-5-7/h2-5H,6H2,1H3,(H,15,17)(H,16,18)/t10-/m1/s1. The van der Waals surface area contributed by atoms with Crippen LogP contribution in [0.15, 0.2) is 24.5 Å². The Morgan fingerprint density at radius 1 is 1.39 bits per heavy atom. The first-order valence-electron chi connectivity index (χ1n) is 5.25. The Hall–Kier alpha value is -1.33. The Kier molecular flexibility index (Phi) is 3.21. The molecule has 1 aromatic rings. The molecule has 0 aliphatic heterocycles. The second-order valence-electron chi connectivity index (χ2n) is 4.36. The van der Waals surface area contributed by atoms with Crippen molar-refractivity contribution < 1.29 is 9.59 Å². The lowest BCUT2D eigenvalue weighted by Gasteiger charge is -2.13. The summed E-state index contributed by atoms with van der Waals surface area (Å²) in [6.07, 6.45) is 3.31. The molecule has 1 aromatic heterocycles. The van der Waals surface area contributed by atoms with Crippen LogP contribution in [0.5, 0.6) is 0 Å². The fourth-order valence-electron chi connectivity index (χ4n) is 1.47. The molecule has 1 saturated carbocycles. The highest BCUT2D eigenvalue weighted by Crippen LogP contribution is 2.63. The van der Waals surface area contributed by atoms with Gasteiger partial charge in [0.25, 0.3) is 5.91 Å². The summed E-state index contributed by atoms with van der Waals surface area (Å²) in [5.41, 5.74) is 4.08. The van der Waals surface area contributed by atoms with Gasteiger partial charge < -0.3 is 0 Å². The van der Waals surface area contributed by atoms with E-state index in [0.29, 0.717) is 12.0 Å². The summed E-state index contributed by atoms with van der Waals surface area (Å²) < 4.78 is -1.06. The number of hydrogen-bond acceptors (Lipinski definition) is 3. The first-order valence-corrected chi connectivity index (χ1v) is 6.01. The minimum atomic E-state index is -1.06. The van der Waals surface area contributed by atoms with Crippen LogP contribution in [0.2, 0.25) is 0 Å². The highest BCUT2D eigenvalue weighted by Gasteiger charge is 2.68. The van der Waals surface area contributed by atoms with Crippen LogP contribution in [0.25, 0.3) is 0 Å². The average molecular weight is 288 g/mol. The molecule has 0 bridgehead atoms. The number of pyridine rings is 1. The maximum absolute atomic E-state index is 11.8. The lowest BCUT2D eigenvalue weighted by molar-refractivity contribution is -0.126. The molecule has 2 amide bonds. The van der Waals surface area contributed by atoms with Crippen LogP contribution in [-0.2, 0) is 4.79 Å². The second kappa shape index (κ2) is 4.40. The normalized spacial score (nSPS) is 24.2. The quantitative estimate of drug-likeness (QED) is 0.638. The topological polar surface area (TPSA) is 71.1 Å². The minimum absolute atomic E-state index is 0.349. The molecule has 5 nitrogen and oxygen atoms in total. The van der Waals surface area contributed by atoms with Crippen molar-refractivity contribution in [3.8, 4) is 0 Å². The monoisotopic (exact) mass is 287 g/mol. The number of carbonyl (C=O) groups excluding carboxylic acids is 2. The van der Waals surface area contributed by atoms with E-state index in [-0.39, 0.29) is 0 Å². The van der Waals surface area contributed by atoms with Crippen molar-refractivity contribution >= 4 is 35.0 Å². The van der Waals surface area contributed by atoms with Gasteiger partial charge >= 0.3 is 0 Å². The molecule has 0 spiro atoms. The molecule has 7 heteroatoms. The number of carbonyl (C=O) groups is 2. The largest absolute Gasteiger partial charge is 0.273 e. The first-order chi connectivity index (χ1) is 8.37. The zero-order valence-electron chi connectivity index (χ0n) is 9.54. The number of hydrogen-bond donors (Lipinski definition) is 2. The van der Waals surface area contributed by atoms with Crippen molar-refractivity contribution in [1.29, 1.82) is 0 Å². The van der Waals surface area contributed by atoms with Crippen LogP contribution in [0, 0.1) is 5.41 Å². The molecular formula is C11H11Cl2N3O2. The van der Waals surface area contributed by atoms with Gasteiger partial charge in [-0.2, -0.15) is 0 Å². The van der Waals surface area contributed by atoms with Crippen molar-refractivity contribution in [3.05, 3.63) is 30.1 Å². The van der Waals surface area contributed by atoms with Gasteiger partial charge in [-0.3, -0.25) is 25.4 Å². The Morgan fingerprint density at radius 3 is 2.56 bits per heavy atom. The van der Waals surface area contributed by atoms with E-state index in [9.17, 15) is 9.59 Å². The van der Waals surface area contributed by atoms with Crippen molar-refractivity contribution in [3.63, 3.8) is 0 Å². The predicted octanol–water partition coefficient (Wildman–Crippen LogP) is 1.43. The number of hydrazine groups is 1. The molecular weight excluding hydrogens is 277 g/mol. The number of nitrogens with one attached hydrogen (secondary N) is 2. The van der Waals surface area contributed by atoms with Crippen LogP contribution in [0.3, 0.4) is 0 Å². The molecule has 2 N–H and O–H groups in total. The Balaban J connectivity index is 1.90. The van der Waals surface area contributed by atoms with Crippen LogP contribution in [0.1, 0.15) is 23.7 Å². The maximum Gasteiger partial charge on any atom is 0.271 e. The molecule has 0 aromatic carbocycles. The number of rotatable bonds is 2. The maximum atomic E-state index is 11.8. The van der Waals surface area contributed by atoms with Crippen molar-refractivity contribution in [2.24, 2.45) is 5.41 Å². The van der Waals surface area contributed by atoms with E-state index in [2.05, 4.69) is 15.8 Å². The van der Waals surface area contributed by atoms with Gasteiger partial charge in [-0.1, -0.05) is 0 Å². The van der Waals surface area contributed by atoms with E-state index in [1.165, 1.54) is 6.20 Å². The number of halogens is 2. The Morgan fingerprint density at radius 2 is 2.06 bits per heavy atom. The number of aromatic nitrogens is 1. The summed E-state index contributed by atoms with van der Waals surface area (Å²) in [5, 5.41) is 0. The lowest BCUT2D eigenvalue weighted by Crippen LogP contribution is -2.45. The summed E-state index contributed by atoms with van der Waals surface area (Å²) in [7, 11) is 0. The number of alkyl halides is 2. The molecule has 0 radical (unpaired) electrons. The zero-order valence-corrected chi connectivity index (χ0v) is 11.0. The Bertz CT molecular complexity index is 492. The van der Waals surface area contributed by atoms with Crippen LogP contribution >= 0.6 is 23.2 Å². The van der Waals surface area contributed by atoms with Crippen LogP contribution in [0.4, 0.5) is 0 Å². The molecule has 0 saturated heterocycles. The van der Waals surface area contributed by atoms with Gasteiger partial charge in [0, 0.05) is 12.4 Å². The molecule has 1 aliphatic carbocycles. The molecule has 1 fully saturated rings. The van der Waals surface area contributed by atoms with Crippen molar-refractivity contribution in [2.75, 3.05) is 0 Å². The summed E-state index contributed by atoms with van der Waals surface area (Å²) in [6.45, 7) is 1.64. The second-order valence-corrected chi connectivity index (χ2v) is 5.85. The highest BCUT2D eigenvalue weighted by atomic mass is 35.5. The molecule has 2 rings (SSSR count). The van der Waals surface area contributed by atoms with Crippen molar-refractivity contribution in [1.82, 2.24) is 15.8 Å². The third-order valence-electron chi connectivity index (χ3n) is 2.97. The Labute approximate surface area is 114 Å². The lowest BCUT2D eigenvalue weighted by atomic mass is 10.1. The summed E-state index contributed by atoms with van der Waals surface area (Å²) in [6, 6.07) is 3.21. The van der Waals surface area contributed by atoms with Gasteiger partial charge in [0.1, 0.15) is 4.33 Å². The van der Waals surface area contributed by atoms with Gasteiger partial charge in [0.15, 0.2) is 0 Å². The minimum Gasteiger partial charge on any atom is -0.273 e. The third kappa shape index (κ3) is 2.28. The van der Waals surface area contributed by atoms with Gasteiger partial charge in [0.2, 0.25) is 5.91 Å². The summed E-state index contributed by atoms with van der Waals surface area (Å²) in [5.74, 6) is -0.861. The first kappa shape index (κ1) is 13.1. The summed E-state index contributed by atoms with van der Waals surface area (Å²) in [4.78, 5) is 27.2. The highest BCUT2D eigenvalue weighted by molar-refractivity contribution is 6.53. The van der Waals surface area contributed by atoms with E-state index in [1.54, 1.807) is 25.3 Å². The van der Waals surface area contributed by atoms with E-state index in [0.717, 1.165) is 0 Å². The van der Waals surface area contributed by atoms with Gasteiger partial charge in [-0.25, -0.2) is 0 Å².